The zero-order chi connectivity index (χ0) is 33.5. The summed E-state index contributed by atoms with van der Waals surface area (Å²) < 4.78 is 0.192. The van der Waals surface area contributed by atoms with Gasteiger partial charge in [-0.1, -0.05) is 18.2 Å². The molecule has 238 valence electrons. The molecule has 0 saturated heterocycles. The third kappa shape index (κ3) is 6.53. The molecule has 8 rings (SSSR count). The second-order valence-electron chi connectivity index (χ2n) is 12.3. The summed E-state index contributed by atoms with van der Waals surface area (Å²) in [7, 11) is 0. The number of carbonyl (C=O) groups is 1. The van der Waals surface area contributed by atoms with Crippen LogP contribution in [0.1, 0.15) is 46.4 Å². The molecule has 0 saturated carbocycles. The minimum Gasteiger partial charge on any atom is 2.00 e. The molecule has 7 heteroatoms. The molecule has 0 radical (unpaired) electrons. The zero-order valence-corrected chi connectivity index (χ0v) is 32.8. The molecule has 50 heavy (non-hydrogen) atoms. The van der Waals surface area contributed by atoms with Crippen molar-refractivity contribution >= 4 is 66.0 Å². The van der Waals surface area contributed by atoms with Crippen LogP contribution in [0.3, 0.4) is 0 Å². The fraction of sp³-hybridized carbons (Fsp3) is 0.0930. The van der Waals surface area contributed by atoms with Gasteiger partial charge in [-0.2, -0.15) is 0 Å². The molecule has 2 aliphatic rings. The Morgan fingerprint density at radius 3 is 1.42 bits per heavy atom. The molecule has 5 heterocycles. The number of nitrogens with zero attached hydrogens (tertiary/aromatic N) is 4. The van der Waals surface area contributed by atoms with Crippen molar-refractivity contribution in [2.45, 2.75) is 26.1 Å². The fourth-order valence-corrected chi connectivity index (χ4v) is 7.75. The molecule has 0 unspecified atom stereocenters. The molecule has 2 aliphatic heterocycles. The third-order valence-electron chi connectivity index (χ3n) is 8.88. The number of rotatable bonds is 6. The third-order valence-corrected chi connectivity index (χ3v) is 10.6. The first-order valence-electron chi connectivity index (χ1n) is 16.3. The van der Waals surface area contributed by atoms with Crippen LogP contribution in [0.2, 0.25) is 0 Å². The molecule has 0 spiro atoms. The Labute approximate surface area is 310 Å². The molecule has 0 N–H and O–H groups in total. The normalized spacial score (nSPS) is 11.8. The number of benzene rings is 3. The Hall–Kier alpha value is -4.93. The van der Waals surface area contributed by atoms with Gasteiger partial charge in [-0.3, -0.25) is 0 Å². The van der Waals surface area contributed by atoms with Crippen LogP contribution < -0.4 is 9.97 Å². The summed E-state index contributed by atoms with van der Waals surface area (Å²) in [5.74, 6) is 0. The largest absolute Gasteiger partial charge is 2.00 e. The van der Waals surface area contributed by atoms with E-state index in [1.807, 2.05) is 6.07 Å². The van der Waals surface area contributed by atoms with Gasteiger partial charge in [-0.05, 0) is 0 Å². The Morgan fingerprint density at radius 2 is 0.940 bits per heavy atom. The molecule has 0 fully saturated rings. The van der Waals surface area contributed by atoms with Crippen molar-refractivity contribution in [2.24, 2.45) is 0 Å². The standard InChI is InChI=1S/C43H32N4OSe.Zn/c1-26-9-13-30(14-10-26)42-35-19-17-33(44-35)32(25-49-28(3)48)34-18-20-36(45-34)43(31-15-11-27(2)12-16-31)40-24-22-38(47-40)41(29-7-5-4-6-8-29)37-21-23-39(42)46-37;/h4-24H,25H2,1-3H3;/q-2;+2. The minimum atomic E-state index is -0.241. The molecule has 0 amide bonds. The van der Waals surface area contributed by atoms with Crippen molar-refractivity contribution in [2.75, 3.05) is 0 Å². The Morgan fingerprint density at radius 1 is 0.540 bits per heavy atom. The van der Waals surface area contributed by atoms with Crippen molar-refractivity contribution in [3.05, 3.63) is 143 Å². The predicted molar refractivity (Wildman–Crippen MR) is 203 cm³/mol. The van der Waals surface area contributed by atoms with E-state index in [0.29, 0.717) is 5.32 Å². The molecule has 0 atom stereocenters. The minimum absolute atomic E-state index is 0. The average Bonchev–Trinajstić information content (AvgIpc) is 3.94. The first-order valence-corrected chi connectivity index (χ1v) is 18.4. The molecular formula is C43H32N4OSeZn. The van der Waals surface area contributed by atoms with Gasteiger partial charge in [0, 0.05) is 0 Å². The average molecular weight is 765 g/mol. The van der Waals surface area contributed by atoms with E-state index in [0.717, 1.165) is 83.8 Å². The van der Waals surface area contributed by atoms with E-state index in [2.05, 4.69) is 135 Å². The maximum absolute atomic E-state index is 12.3. The van der Waals surface area contributed by atoms with Crippen molar-refractivity contribution in [3.8, 4) is 33.4 Å². The first-order chi connectivity index (χ1) is 23.9. The number of aromatic nitrogens is 4. The summed E-state index contributed by atoms with van der Waals surface area (Å²) >= 11 is -0.241. The van der Waals surface area contributed by atoms with Gasteiger partial charge in [0.2, 0.25) is 0 Å². The molecule has 3 aromatic carbocycles. The van der Waals surface area contributed by atoms with Crippen LogP contribution >= 0.6 is 0 Å². The zero-order valence-electron chi connectivity index (χ0n) is 28.1. The molecule has 5 nitrogen and oxygen atoms in total. The Bertz CT molecular complexity index is 2430. The van der Waals surface area contributed by atoms with Gasteiger partial charge in [0.1, 0.15) is 0 Å². The monoisotopic (exact) mass is 764 g/mol. The maximum atomic E-state index is 12.3. The summed E-state index contributed by atoms with van der Waals surface area (Å²) in [5, 5.41) is 0.599. The number of hydrogen-bond acceptors (Lipinski definition) is 3. The summed E-state index contributed by atoms with van der Waals surface area (Å²) in [6.45, 7) is 5.84. The second-order valence-corrected chi connectivity index (χ2v) is 14.8. The van der Waals surface area contributed by atoms with E-state index in [1.54, 1.807) is 6.92 Å². The second kappa shape index (κ2) is 14.1. The van der Waals surface area contributed by atoms with Gasteiger partial charge in [0.05, 0.1) is 0 Å². The number of carbonyl (C=O) groups excluding carboxylic acids is 1. The van der Waals surface area contributed by atoms with Crippen LogP contribution in [0.5, 0.6) is 0 Å². The number of hydrogen-bond donors (Lipinski definition) is 0. The molecule has 3 aromatic heterocycles. The first kappa shape index (κ1) is 33.6. The molecule has 8 bridgehead atoms. The Kier molecular flexibility index (Phi) is 9.48. The number of aryl methyl sites for hydroxylation is 2. The van der Waals surface area contributed by atoms with Gasteiger partial charge in [0.15, 0.2) is 0 Å². The van der Waals surface area contributed by atoms with Crippen LogP contribution in [0.15, 0.2) is 103 Å². The fourth-order valence-electron chi connectivity index (χ4n) is 6.40. The van der Waals surface area contributed by atoms with Crippen molar-refractivity contribution < 1.29 is 24.3 Å². The summed E-state index contributed by atoms with van der Waals surface area (Å²) in [5.41, 5.74) is 16.0. The van der Waals surface area contributed by atoms with Gasteiger partial charge < -0.3 is 0 Å². The quantitative estimate of drug-likeness (QED) is 0.158. The summed E-state index contributed by atoms with van der Waals surface area (Å²) in [4.78, 5) is 33.4. The van der Waals surface area contributed by atoms with E-state index in [-0.39, 0.29) is 39.1 Å². The van der Waals surface area contributed by atoms with Crippen LogP contribution in [0, 0.1) is 13.8 Å². The van der Waals surface area contributed by atoms with E-state index in [4.69, 9.17) is 19.9 Å². The smallest absolute Gasteiger partial charge is 2.00 e. The molecule has 6 aromatic rings. The van der Waals surface area contributed by atoms with Crippen LogP contribution in [0.25, 0.3) is 79.8 Å². The topological polar surface area (TPSA) is 71.1 Å². The summed E-state index contributed by atoms with van der Waals surface area (Å²) in [6.07, 6.45) is 8.30. The number of fused-ring (bicyclic) bond motifs is 8. The van der Waals surface area contributed by atoms with Crippen LogP contribution in [-0.4, -0.2) is 29.6 Å². The van der Waals surface area contributed by atoms with E-state index < -0.39 is 0 Å². The van der Waals surface area contributed by atoms with Gasteiger partial charge in [0.25, 0.3) is 0 Å². The Balaban J connectivity index is 0.00000392. The van der Waals surface area contributed by atoms with E-state index in [1.165, 1.54) is 11.1 Å². The van der Waals surface area contributed by atoms with Crippen LogP contribution in [-0.2, 0) is 29.6 Å². The van der Waals surface area contributed by atoms with Gasteiger partial charge >= 0.3 is 294 Å². The van der Waals surface area contributed by atoms with Crippen molar-refractivity contribution in [3.63, 3.8) is 0 Å². The molecular weight excluding hydrogens is 733 g/mol. The van der Waals surface area contributed by atoms with Gasteiger partial charge in [-0.25, -0.2) is 0 Å². The van der Waals surface area contributed by atoms with Crippen molar-refractivity contribution in [1.82, 2.24) is 19.9 Å². The van der Waals surface area contributed by atoms with E-state index >= 15 is 0 Å². The summed E-state index contributed by atoms with van der Waals surface area (Å²) in [6, 6.07) is 35.7. The SMILES string of the molecule is CC(=O)[Se]Cc1c2nc(c(-c3ccc(C)cc3)c3ccc([n-]3)c(-c3ccccc3)c3nc(c(-c4ccc(C)cc4)c4ccc1[n-]4)C=C3)C=C2.[Zn+2]. The van der Waals surface area contributed by atoms with Gasteiger partial charge in [-0.15, -0.1) is 0 Å². The van der Waals surface area contributed by atoms with Crippen molar-refractivity contribution in [1.29, 1.82) is 0 Å². The van der Waals surface area contributed by atoms with Crippen LogP contribution in [0.4, 0.5) is 0 Å². The maximum Gasteiger partial charge on any atom is 2.00 e. The molecule has 0 aliphatic carbocycles. The van der Waals surface area contributed by atoms with E-state index in [9.17, 15) is 4.79 Å². The predicted octanol–water partition coefficient (Wildman–Crippen LogP) is 9.28.